The van der Waals surface area contributed by atoms with Gasteiger partial charge in [-0.2, -0.15) is 5.10 Å². The summed E-state index contributed by atoms with van der Waals surface area (Å²) < 4.78 is 10.5. The third kappa shape index (κ3) is 2.51. The van der Waals surface area contributed by atoms with Gasteiger partial charge in [0.05, 0.1) is 18.0 Å². The lowest BCUT2D eigenvalue weighted by atomic mass is 10.3. The molecule has 0 aromatic carbocycles. The molecular weight excluding hydrogens is 224 g/mol. The van der Waals surface area contributed by atoms with Crippen molar-refractivity contribution in [2.75, 3.05) is 0 Å². The SMILES string of the molecule is N/C(=N/O)c1ccnnc1OCc1ccco1. The van der Waals surface area contributed by atoms with Crippen LogP contribution < -0.4 is 10.5 Å². The van der Waals surface area contributed by atoms with Gasteiger partial charge >= 0.3 is 0 Å². The molecule has 0 amide bonds. The number of furan rings is 1. The minimum Gasteiger partial charge on any atom is -0.468 e. The largest absolute Gasteiger partial charge is 0.468 e. The lowest BCUT2D eigenvalue weighted by Gasteiger charge is -2.06. The molecule has 88 valence electrons. The van der Waals surface area contributed by atoms with E-state index in [4.69, 9.17) is 20.1 Å². The Balaban J connectivity index is 2.15. The van der Waals surface area contributed by atoms with Gasteiger partial charge in [-0.15, -0.1) is 5.10 Å². The number of ether oxygens (including phenoxy) is 1. The van der Waals surface area contributed by atoms with Gasteiger partial charge in [-0.05, 0) is 18.2 Å². The van der Waals surface area contributed by atoms with E-state index in [0.29, 0.717) is 11.3 Å². The number of hydrogen-bond acceptors (Lipinski definition) is 6. The molecule has 0 saturated heterocycles. The molecule has 0 fully saturated rings. The Morgan fingerprint density at radius 1 is 1.53 bits per heavy atom. The van der Waals surface area contributed by atoms with Gasteiger partial charge in [0.25, 0.3) is 0 Å². The van der Waals surface area contributed by atoms with Crippen molar-refractivity contribution in [1.82, 2.24) is 10.2 Å². The van der Waals surface area contributed by atoms with Crippen LogP contribution in [0, 0.1) is 0 Å². The second-order valence-corrected chi connectivity index (χ2v) is 3.10. The zero-order valence-corrected chi connectivity index (χ0v) is 8.78. The molecule has 0 radical (unpaired) electrons. The maximum atomic E-state index is 8.61. The van der Waals surface area contributed by atoms with Gasteiger partial charge in [0.1, 0.15) is 12.4 Å². The van der Waals surface area contributed by atoms with E-state index < -0.39 is 0 Å². The van der Waals surface area contributed by atoms with Crippen molar-refractivity contribution in [3.63, 3.8) is 0 Å². The molecule has 2 heterocycles. The van der Waals surface area contributed by atoms with Crippen LogP contribution in [0.3, 0.4) is 0 Å². The Hall–Kier alpha value is -2.57. The van der Waals surface area contributed by atoms with Crippen LogP contribution in [0.5, 0.6) is 5.88 Å². The van der Waals surface area contributed by atoms with Crippen molar-refractivity contribution in [2.45, 2.75) is 6.61 Å². The molecule has 0 aliphatic heterocycles. The van der Waals surface area contributed by atoms with Crippen molar-refractivity contribution in [3.8, 4) is 5.88 Å². The summed E-state index contributed by atoms with van der Waals surface area (Å²) in [7, 11) is 0. The normalized spacial score (nSPS) is 11.4. The average Bonchev–Trinajstić information content (AvgIpc) is 2.89. The molecular formula is C10H10N4O3. The van der Waals surface area contributed by atoms with Crippen LogP contribution in [0.25, 0.3) is 0 Å². The zero-order chi connectivity index (χ0) is 12.1. The summed E-state index contributed by atoms with van der Waals surface area (Å²) in [5.74, 6) is 0.731. The fourth-order valence-electron chi connectivity index (χ4n) is 1.21. The smallest absolute Gasteiger partial charge is 0.245 e. The quantitative estimate of drug-likeness (QED) is 0.350. The van der Waals surface area contributed by atoms with Crippen LogP contribution in [0.15, 0.2) is 40.2 Å². The monoisotopic (exact) mass is 234 g/mol. The summed E-state index contributed by atoms with van der Waals surface area (Å²) in [5, 5.41) is 18.9. The number of aromatic nitrogens is 2. The molecule has 3 N–H and O–H groups in total. The molecule has 0 bridgehead atoms. The number of rotatable bonds is 4. The Kier molecular flexibility index (Phi) is 3.20. The Bertz CT molecular complexity index is 510. The average molecular weight is 234 g/mol. The number of nitrogens with zero attached hydrogens (tertiary/aromatic N) is 3. The van der Waals surface area contributed by atoms with E-state index in [-0.39, 0.29) is 18.3 Å². The number of nitrogens with two attached hydrogens (primary N) is 1. The highest BCUT2D eigenvalue weighted by atomic mass is 16.5. The zero-order valence-electron chi connectivity index (χ0n) is 8.78. The summed E-state index contributed by atoms with van der Waals surface area (Å²) in [6.45, 7) is 0.192. The summed E-state index contributed by atoms with van der Waals surface area (Å²) in [5.41, 5.74) is 5.84. The van der Waals surface area contributed by atoms with E-state index >= 15 is 0 Å². The first kappa shape index (κ1) is 10.9. The first-order valence-corrected chi connectivity index (χ1v) is 4.76. The first-order chi connectivity index (χ1) is 8.31. The van der Waals surface area contributed by atoms with E-state index in [9.17, 15) is 0 Å². The second kappa shape index (κ2) is 4.97. The van der Waals surface area contributed by atoms with Crippen molar-refractivity contribution >= 4 is 5.84 Å². The van der Waals surface area contributed by atoms with Crippen LogP contribution in [0.4, 0.5) is 0 Å². The van der Waals surface area contributed by atoms with Crippen molar-refractivity contribution < 1.29 is 14.4 Å². The molecule has 0 atom stereocenters. The van der Waals surface area contributed by atoms with Crippen LogP contribution in [-0.4, -0.2) is 21.2 Å². The van der Waals surface area contributed by atoms with Crippen LogP contribution >= 0.6 is 0 Å². The molecule has 0 saturated carbocycles. The van der Waals surface area contributed by atoms with Crippen molar-refractivity contribution in [1.29, 1.82) is 0 Å². The third-order valence-corrected chi connectivity index (χ3v) is 2.00. The molecule has 7 nitrogen and oxygen atoms in total. The highest BCUT2D eigenvalue weighted by Gasteiger charge is 2.10. The van der Waals surface area contributed by atoms with Crippen LogP contribution in [-0.2, 0) is 6.61 Å². The van der Waals surface area contributed by atoms with Crippen LogP contribution in [0.1, 0.15) is 11.3 Å². The van der Waals surface area contributed by atoms with E-state index in [0.717, 1.165) is 0 Å². The first-order valence-electron chi connectivity index (χ1n) is 4.76. The van der Waals surface area contributed by atoms with E-state index in [1.54, 1.807) is 24.5 Å². The predicted octanol–water partition coefficient (Wildman–Crippen LogP) is 0.743. The predicted molar refractivity (Wildman–Crippen MR) is 57.6 cm³/mol. The molecule has 0 aliphatic rings. The Labute approximate surface area is 96.5 Å². The van der Waals surface area contributed by atoms with E-state index in [1.165, 1.54) is 6.20 Å². The molecule has 0 unspecified atom stereocenters. The van der Waals surface area contributed by atoms with Gasteiger partial charge in [0.15, 0.2) is 5.84 Å². The Morgan fingerprint density at radius 2 is 2.41 bits per heavy atom. The fraction of sp³-hybridized carbons (Fsp3) is 0.100. The van der Waals surface area contributed by atoms with Crippen LogP contribution in [0.2, 0.25) is 0 Å². The molecule has 0 aliphatic carbocycles. The highest BCUT2D eigenvalue weighted by molar-refractivity contribution is 5.98. The van der Waals surface area contributed by atoms with Crippen molar-refractivity contribution in [3.05, 3.63) is 42.0 Å². The number of hydrogen-bond donors (Lipinski definition) is 2. The molecule has 17 heavy (non-hydrogen) atoms. The topological polar surface area (TPSA) is 107 Å². The van der Waals surface area contributed by atoms with E-state index in [1.807, 2.05) is 0 Å². The van der Waals surface area contributed by atoms with Gasteiger partial charge in [0.2, 0.25) is 5.88 Å². The summed E-state index contributed by atoms with van der Waals surface area (Å²) in [4.78, 5) is 0. The maximum Gasteiger partial charge on any atom is 0.245 e. The van der Waals surface area contributed by atoms with Crippen molar-refractivity contribution in [2.24, 2.45) is 10.9 Å². The van der Waals surface area contributed by atoms with Gasteiger partial charge in [-0.25, -0.2) is 0 Å². The van der Waals surface area contributed by atoms with E-state index in [2.05, 4.69) is 15.4 Å². The Morgan fingerprint density at radius 3 is 3.12 bits per heavy atom. The minimum absolute atomic E-state index is 0.0886. The highest BCUT2D eigenvalue weighted by Crippen LogP contribution is 2.14. The molecule has 0 spiro atoms. The molecule has 2 rings (SSSR count). The number of oxime groups is 1. The van der Waals surface area contributed by atoms with Gasteiger partial charge < -0.3 is 20.1 Å². The van der Waals surface area contributed by atoms with Gasteiger partial charge in [-0.1, -0.05) is 5.16 Å². The standard InChI is InChI=1S/C10H10N4O3/c11-9(14-15)8-3-4-12-13-10(8)17-6-7-2-1-5-16-7/h1-5,15H,6H2,(H2,11,14). The fourth-order valence-corrected chi connectivity index (χ4v) is 1.21. The second-order valence-electron chi connectivity index (χ2n) is 3.10. The summed E-state index contributed by atoms with van der Waals surface area (Å²) in [6, 6.07) is 5.05. The summed E-state index contributed by atoms with van der Waals surface area (Å²) >= 11 is 0. The minimum atomic E-state index is -0.0886. The summed E-state index contributed by atoms with van der Waals surface area (Å²) in [6.07, 6.45) is 2.97. The number of amidine groups is 1. The third-order valence-electron chi connectivity index (χ3n) is 2.00. The molecule has 7 heteroatoms. The van der Waals surface area contributed by atoms with Gasteiger partial charge in [-0.3, -0.25) is 0 Å². The maximum absolute atomic E-state index is 8.61. The lowest BCUT2D eigenvalue weighted by Crippen LogP contribution is -2.16. The molecule has 2 aromatic rings. The lowest BCUT2D eigenvalue weighted by molar-refractivity contribution is 0.257. The molecule has 2 aromatic heterocycles. The van der Waals surface area contributed by atoms with Gasteiger partial charge in [0, 0.05) is 0 Å².